The number of rotatable bonds is 3. The summed E-state index contributed by atoms with van der Waals surface area (Å²) >= 11 is 0. The molecule has 6 rings (SSSR count). The molecule has 1 aromatic rings. The third-order valence-electron chi connectivity index (χ3n) is 14.3. The molecule has 0 aliphatic heterocycles. The van der Waals surface area contributed by atoms with Crippen LogP contribution in [0, 0.1) is 50.2 Å². The van der Waals surface area contributed by atoms with Crippen LogP contribution in [-0.4, -0.2) is 28.1 Å². The van der Waals surface area contributed by atoms with Crippen LogP contribution in [0.3, 0.4) is 0 Å². The number of phenolic OH excluding ortho intramolecular Hbond substituents is 2. The van der Waals surface area contributed by atoms with Crippen molar-refractivity contribution in [2.45, 2.75) is 119 Å². The quantitative estimate of drug-likeness (QED) is 0.266. The van der Waals surface area contributed by atoms with Crippen LogP contribution < -0.4 is 0 Å². The van der Waals surface area contributed by atoms with Crippen LogP contribution in [0.4, 0.5) is 0 Å². The predicted octanol–water partition coefficient (Wildman–Crippen LogP) is 9.02. The molecule has 0 heterocycles. The summed E-state index contributed by atoms with van der Waals surface area (Å²) < 4.78 is 6.12. The molecule has 1 aromatic carbocycles. The number of ether oxygens (including phenoxy) is 1. The van der Waals surface area contributed by atoms with Crippen molar-refractivity contribution in [1.82, 2.24) is 0 Å². The Morgan fingerprint density at radius 2 is 1.52 bits per heavy atom. The molecule has 2 N–H and O–H groups in total. The fourth-order valence-electron chi connectivity index (χ4n) is 11.6. The first-order chi connectivity index (χ1) is 20.3. The third kappa shape index (κ3) is 4.61. The largest absolute Gasteiger partial charge is 0.508 e. The number of carbonyl (C=O) groups is 2. The number of fused-ring (bicyclic) bond motifs is 7. The molecule has 0 spiro atoms. The Morgan fingerprint density at radius 1 is 0.864 bits per heavy atom. The van der Waals surface area contributed by atoms with Crippen LogP contribution in [0.2, 0.25) is 0 Å². The fraction of sp³-hybridized carbons (Fsp3) is 0.692. The van der Waals surface area contributed by atoms with Crippen molar-refractivity contribution in [2.24, 2.45) is 50.2 Å². The van der Waals surface area contributed by atoms with Gasteiger partial charge in [-0.25, -0.2) is 4.79 Å². The van der Waals surface area contributed by atoms with Gasteiger partial charge in [-0.3, -0.25) is 4.79 Å². The molecule has 5 heteroatoms. The first-order valence-corrected chi connectivity index (χ1v) is 17.0. The molecule has 4 fully saturated rings. The molecular formula is C39H54O5. The topological polar surface area (TPSA) is 83.8 Å². The van der Waals surface area contributed by atoms with Crippen molar-refractivity contribution >= 4 is 17.8 Å². The van der Waals surface area contributed by atoms with Gasteiger partial charge in [0.1, 0.15) is 17.6 Å². The second-order valence-corrected chi connectivity index (χ2v) is 17.8. The predicted molar refractivity (Wildman–Crippen MR) is 174 cm³/mol. The van der Waals surface area contributed by atoms with E-state index >= 15 is 0 Å². The molecule has 5 aliphatic carbocycles. The molecular weight excluding hydrogens is 548 g/mol. The van der Waals surface area contributed by atoms with Gasteiger partial charge in [0.25, 0.3) is 0 Å². The summed E-state index contributed by atoms with van der Waals surface area (Å²) in [6, 6.07) is 4.23. The SMILES string of the molecule is CC1(C)CC[C@]2(C)CC[C@]3(C)C(=CC(=O)[C@@H]4[C@@]5(C)CC[C@H](OC(=O)/C=C/c6cc(O)cc(O)c6)C(C)(C)[C@@H]5CC[C@]43C)[C@@H]2C1. The summed E-state index contributed by atoms with van der Waals surface area (Å²) in [6.07, 6.45) is 14.6. The first kappa shape index (κ1) is 31.4. The molecule has 0 bridgehead atoms. The molecule has 0 radical (unpaired) electrons. The second-order valence-electron chi connectivity index (χ2n) is 17.8. The smallest absolute Gasteiger partial charge is 0.331 e. The fourth-order valence-corrected chi connectivity index (χ4v) is 11.6. The van der Waals surface area contributed by atoms with Gasteiger partial charge in [0.15, 0.2) is 5.78 Å². The number of hydrogen-bond donors (Lipinski definition) is 2. The van der Waals surface area contributed by atoms with E-state index in [-0.39, 0.29) is 51.1 Å². The lowest BCUT2D eigenvalue weighted by Gasteiger charge is -2.70. The molecule has 5 nitrogen and oxygen atoms in total. The number of allylic oxidation sites excluding steroid dienone is 2. The van der Waals surface area contributed by atoms with E-state index in [0.717, 1.165) is 25.7 Å². The molecule has 0 amide bonds. The van der Waals surface area contributed by atoms with Crippen LogP contribution in [0.5, 0.6) is 11.5 Å². The number of benzene rings is 1. The van der Waals surface area contributed by atoms with Crippen LogP contribution in [-0.2, 0) is 14.3 Å². The van der Waals surface area contributed by atoms with Gasteiger partial charge in [-0.2, -0.15) is 0 Å². The Labute approximate surface area is 264 Å². The molecule has 0 aromatic heterocycles. The minimum absolute atomic E-state index is 0.0235. The van der Waals surface area contributed by atoms with E-state index < -0.39 is 5.97 Å². The number of phenols is 2. The summed E-state index contributed by atoms with van der Waals surface area (Å²) in [5, 5.41) is 19.5. The zero-order valence-corrected chi connectivity index (χ0v) is 28.3. The van der Waals surface area contributed by atoms with E-state index in [1.54, 1.807) is 6.08 Å². The third-order valence-corrected chi connectivity index (χ3v) is 14.3. The first-order valence-electron chi connectivity index (χ1n) is 17.0. The maximum absolute atomic E-state index is 14.6. The molecule has 0 saturated heterocycles. The van der Waals surface area contributed by atoms with Gasteiger partial charge in [0.05, 0.1) is 0 Å². The summed E-state index contributed by atoms with van der Waals surface area (Å²) in [6.45, 7) is 19.2. The Hall–Kier alpha value is -2.56. The van der Waals surface area contributed by atoms with E-state index in [2.05, 4.69) is 61.5 Å². The summed E-state index contributed by atoms with van der Waals surface area (Å²) in [5.41, 5.74) is 2.09. The van der Waals surface area contributed by atoms with Crippen molar-refractivity contribution < 1.29 is 24.5 Å². The average molecular weight is 603 g/mol. The number of hydrogen-bond acceptors (Lipinski definition) is 5. The van der Waals surface area contributed by atoms with Crippen LogP contribution in [0.25, 0.3) is 6.08 Å². The molecule has 8 atom stereocenters. The van der Waals surface area contributed by atoms with Crippen molar-refractivity contribution in [2.75, 3.05) is 0 Å². The average Bonchev–Trinajstić information content (AvgIpc) is 2.90. The highest BCUT2D eigenvalue weighted by Gasteiger charge is 2.70. The van der Waals surface area contributed by atoms with Crippen LogP contribution in [0.1, 0.15) is 119 Å². The summed E-state index contributed by atoms with van der Waals surface area (Å²) in [4.78, 5) is 27.6. The maximum Gasteiger partial charge on any atom is 0.331 e. The van der Waals surface area contributed by atoms with Crippen molar-refractivity contribution in [3.8, 4) is 11.5 Å². The Bertz CT molecular complexity index is 1410. The number of carbonyl (C=O) groups excluding carboxylic acids is 2. The van der Waals surface area contributed by atoms with Crippen molar-refractivity contribution in [1.29, 1.82) is 0 Å². The molecule has 240 valence electrons. The normalized spacial score (nSPS) is 42.4. The number of ketones is 1. The van der Waals surface area contributed by atoms with E-state index in [4.69, 9.17) is 4.74 Å². The summed E-state index contributed by atoms with van der Waals surface area (Å²) in [7, 11) is 0. The monoisotopic (exact) mass is 602 g/mol. The Balaban J connectivity index is 1.27. The van der Waals surface area contributed by atoms with Gasteiger partial charge >= 0.3 is 5.97 Å². The van der Waals surface area contributed by atoms with Gasteiger partial charge in [-0.05, 0) is 127 Å². The van der Waals surface area contributed by atoms with Gasteiger partial charge in [-0.15, -0.1) is 0 Å². The van der Waals surface area contributed by atoms with E-state index in [1.165, 1.54) is 62.0 Å². The van der Waals surface area contributed by atoms with Gasteiger partial charge < -0.3 is 14.9 Å². The summed E-state index contributed by atoms with van der Waals surface area (Å²) in [5.74, 6) is 0.517. The Kier molecular flexibility index (Phi) is 7.12. The zero-order valence-electron chi connectivity index (χ0n) is 28.3. The lowest BCUT2D eigenvalue weighted by Crippen LogP contribution is -2.66. The van der Waals surface area contributed by atoms with Gasteiger partial charge in [-0.1, -0.05) is 61.0 Å². The minimum Gasteiger partial charge on any atom is -0.508 e. The Morgan fingerprint density at radius 3 is 2.20 bits per heavy atom. The van der Waals surface area contributed by atoms with E-state index in [9.17, 15) is 19.8 Å². The zero-order chi connectivity index (χ0) is 32.1. The maximum atomic E-state index is 14.6. The van der Waals surface area contributed by atoms with E-state index in [0.29, 0.717) is 28.1 Å². The highest BCUT2D eigenvalue weighted by atomic mass is 16.5. The van der Waals surface area contributed by atoms with Gasteiger partial charge in [0.2, 0.25) is 0 Å². The lowest BCUT2D eigenvalue weighted by atomic mass is 9.33. The van der Waals surface area contributed by atoms with E-state index in [1.807, 2.05) is 0 Å². The number of esters is 1. The second kappa shape index (κ2) is 9.97. The minimum atomic E-state index is -0.426. The molecule has 5 aliphatic rings. The highest BCUT2D eigenvalue weighted by molar-refractivity contribution is 5.95. The lowest BCUT2D eigenvalue weighted by molar-refractivity contribution is -0.209. The highest BCUT2D eigenvalue weighted by Crippen LogP contribution is 2.75. The van der Waals surface area contributed by atoms with Crippen molar-refractivity contribution in [3.05, 3.63) is 41.5 Å². The number of aromatic hydroxyl groups is 2. The van der Waals surface area contributed by atoms with Gasteiger partial charge in [0, 0.05) is 23.5 Å². The standard InChI is InChI=1S/C39H54O5/c1-34(2)15-16-36(5)17-18-38(7)27(28(36)23-34)22-29(42)33-37(6)13-12-31(35(3,4)30(37)11-14-39(33,38)8)44-32(43)10-9-24-19-25(40)21-26(41)20-24/h9-10,19-22,28,30-31,33,40-41H,11-18,23H2,1-8H3/b10-9+/t28-,30-,31-,33+,36+,37-,38+,39+/m0/s1. The molecule has 0 unspecified atom stereocenters. The molecule has 4 saturated carbocycles. The van der Waals surface area contributed by atoms with Crippen LogP contribution >= 0.6 is 0 Å². The van der Waals surface area contributed by atoms with Crippen LogP contribution in [0.15, 0.2) is 35.9 Å². The molecule has 44 heavy (non-hydrogen) atoms. The van der Waals surface area contributed by atoms with Crippen molar-refractivity contribution in [3.63, 3.8) is 0 Å².